The summed E-state index contributed by atoms with van der Waals surface area (Å²) in [4.78, 5) is 30.7. The van der Waals surface area contributed by atoms with E-state index >= 15 is 0 Å². The van der Waals surface area contributed by atoms with Crippen molar-refractivity contribution in [2.24, 2.45) is 0 Å². The van der Waals surface area contributed by atoms with Crippen molar-refractivity contribution in [1.82, 2.24) is 0 Å². The molecule has 0 aliphatic rings. The van der Waals surface area contributed by atoms with Gasteiger partial charge in [-0.15, -0.1) is 0 Å². The fraction of sp³-hybridized carbons (Fsp3) is 0. The average Bonchev–Trinajstić information content (AvgIpc) is 2.71. The van der Waals surface area contributed by atoms with E-state index in [1.807, 2.05) is 0 Å². The zero-order valence-corrected chi connectivity index (χ0v) is 20.6. The van der Waals surface area contributed by atoms with Crippen molar-refractivity contribution in [3.63, 3.8) is 0 Å². The van der Waals surface area contributed by atoms with Crippen molar-refractivity contribution >= 4 is 66.2 Å². The first-order chi connectivity index (χ1) is 12.9. The summed E-state index contributed by atoms with van der Waals surface area (Å²) in [6, 6.07) is 24.9. The standard InChI is InChI=1S/3C6H5O2P.Bi/c3*7-9(8)6-4-2-1-3-5-6;/h3*1-5H;/q;;;+3. The molecule has 0 aromatic heterocycles. The first-order valence-corrected chi connectivity index (χ1v) is 11.0. The zero-order valence-electron chi connectivity index (χ0n) is 14.4. The van der Waals surface area contributed by atoms with Crippen molar-refractivity contribution in [3.8, 4) is 0 Å². The van der Waals surface area contributed by atoms with Crippen LogP contribution in [0.25, 0.3) is 0 Å². The molecule has 3 aromatic rings. The Morgan fingerprint density at radius 3 is 0.714 bits per heavy atom. The second-order valence-electron chi connectivity index (χ2n) is 4.78. The van der Waals surface area contributed by atoms with Gasteiger partial charge in [-0.1, -0.05) is 68.3 Å². The van der Waals surface area contributed by atoms with Crippen LogP contribution < -0.4 is 30.6 Å². The molecular weight excluding hydrogens is 614 g/mol. The maximum atomic E-state index is 10.2. The first-order valence-electron chi connectivity index (χ1n) is 7.50. The summed E-state index contributed by atoms with van der Waals surface area (Å²) < 4.78 is 30.7. The second kappa shape index (κ2) is 15.6. The summed E-state index contributed by atoms with van der Waals surface area (Å²) in [5, 5.41) is 1.10. The molecule has 0 saturated carbocycles. The van der Waals surface area contributed by atoms with Crippen LogP contribution in [0.3, 0.4) is 0 Å². The largest absolute Gasteiger partial charge is 3.00 e. The molecule has 0 aliphatic heterocycles. The van der Waals surface area contributed by atoms with Crippen LogP contribution in [0.5, 0.6) is 0 Å². The molecule has 3 aromatic carbocycles. The molecule has 0 N–H and O–H groups in total. The Morgan fingerprint density at radius 2 is 0.607 bits per heavy atom. The van der Waals surface area contributed by atoms with Crippen LogP contribution in [0, 0.1) is 0 Å². The molecule has 0 amide bonds. The fourth-order valence-corrected chi connectivity index (χ4v) is 2.90. The molecule has 140 valence electrons. The summed E-state index contributed by atoms with van der Waals surface area (Å²) in [6.45, 7) is 0. The van der Waals surface area contributed by atoms with Crippen molar-refractivity contribution < 1.29 is 28.4 Å². The normalized spacial score (nSPS) is 10.6. The first kappa shape index (κ1) is 26.7. The van der Waals surface area contributed by atoms with E-state index in [4.69, 9.17) is 0 Å². The van der Waals surface area contributed by atoms with E-state index in [2.05, 4.69) is 0 Å². The van der Waals surface area contributed by atoms with Gasteiger partial charge in [0.05, 0.1) is 0 Å². The maximum Gasteiger partial charge on any atom is 3.00 e. The molecule has 2 radical (unpaired) electrons. The molecule has 3 rings (SSSR count). The van der Waals surface area contributed by atoms with E-state index in [1.54, 1.807) is 91.0 Å². The SMILES string of the molecule is O=[P+]([O-])c1ccccc1.O=[P+]([O-])c1ccccc1.O=[P+]([O-])c1ccccc1.[Bi+3]. The number of hydrogen-bond acceptors (Lipinski definition) is 6. The van der Waals surface area contributed by atoms with Gasteiger partial charge in [0.2, 0.25) is 0 Å². The Labute approximate surface area is 185 Å². The number of rotatable bonds is 3. The minimum atomic E-state index is -2.40. The number of benzene rings is 3. The summed E-state index contributed by atoms with van der Waals surface area (Å²) in [5.41, 5.74) is 0. The maximum absolute atomic E-state index is 10.2. The van der Waals surface area contributed by atoms with Gasteiger partial charge in [0.25, 0.3) is 0 Å². The molecule has 10 heteroatoms. The molecule has 3 unspecified atom stereocenters. The van der Waals surface area contributed by atoms with Crippen molar-refractivity contribution in [2.75, 3.05) is 0 Å². The third-order valence-corrected chi connectivity index (χ3v) is 5.06. The minimum absolute atomic E-state index is 0. The summed E-state index contributed by atoms with van der Waals surface area (Å²) in [5.74, 6) is 0. The third-order valence-electron chi connectivity index (χ3n) is 2.90. The monoisotopic (exact) mass is 629 g/mol. The van der Waals surface area contributed by atoms with Crippen LogP contribution >= 0.6 is 24.1 Å². The van der Waals surface area contributed by atoms with Crippen LogP contribution in [0.2, 0.25) is 0 Å². The Hall–Kier alpha value is -1.28. The smallest absolute Gasteiger partial charge is 0.591 e. The second-order valence-corrected chi connectivity index (χ2v) is 7.87. The van der Waals surface area contributed by atoms with Gasteiger partial charge < -0.3 is 14.7 Å². The topological polar surface area (TPSA) is 120 Å². The molecule has 3 atom stereocenters. The molecule has 6 nitrogen and oxygen atoms in total. The van der Waals surface area contributed by atoms with Crippen molar-refractivity contribution in [3.05, 3.63) is 91.0 Å². The minimum Gasteiger partial charge on any atom is -0.591 e. The Balaban J connectivity index is 0.000000384. The summed E-state index contributed by atoms with van der Waals surface area (Å²) in [6.07, 6.45) is 0. The summed E-state index contributed by atoms with van der Waals surface area (Å²) in [7, 11) is -7.19. The molecule has 28 heavy (non-hydrogen) atoms. The molecule has 0 fully saturated rings. The Morgan fingerprint density at radius 1 is 0.429 bits per heavy atom. The Bertz CT molecular complexity index is 747. The molecule has 0 saturated heterocycles. The number of hydrogen-bond donors (Lipinski definition) is 0. The van der Waals surface area contributed by atoms with Crippen molar-refractivity contribution in [2.45, 2.75) is 0 Å². The molecule has 0 heterocycles. The van der Waals surface area contributed by atoms with E-state index in [0.717, 1.165) is 0 Å². The van der Waals surface area contributed by atoms with Gasteiger partial charge in [-0.05, 0) is 36.4 Å². The van der Waals surface area contributed by atoms with Crippen molar-refractivity contribution in [1.29, 1.82) is 0 Å². The van der Waals surface area contributed by atoms with Gasteiger partial charge in [-0.2, -0.15) is 0 Å². The average molecular weight is 629 g/mol. The van der Waals surface area contributed by atoms with Gasteiger partial charge in [0, 0.05) is 0 Å². The summed E-state index contributed by atoms with van der Waals surface area (Å²) >= 11 is 0. The fourth-order valence-electron chi connectivity index (χ4n) is 1.65. The van der Waals surface area contributed by atoms with Gasteiger partial charge in [0.15, 0.2) is 15.9 Å². The van der Waals surface area contributed by atoms with E-state index in [-0.39, 0.29) is 26.2 Å². The molecule has 0 spiro atoms. The van der Waals surface area contributed by atoms with E-state index in [9.17, 15) is 28.4 Å². The van der Waals surface area contributed by atoms with Crippen LogP contribution in [0.15, 0.2) is 91.0 Å². The van der Waals surface area contributed by atoms with Crippen LogP contribution in [0.1, 0.15) is 0 Å². The van der Waals surface area contributed by atoms with Gasteiger partial charge >= 0.3 is 50.3 Å². The molecule has 0 aliphatic carbocycles. The van der Waals surface area contributed by atoms with Gasteiger partial charge in [-0.25, -0.2) is 0 Å². The van der Waals surface area contributed by atoms with E-state index in [1.165, 1.54) is 0 Å². The Kier molecular flexibility index (Phi) is 14.9. The van der Waals surface area contributed by atoms with Gasteiger partial charge in [-0.3, -0.25) is 0 Å². The molecular formula is C18H15BiO6P3+3. The predicted octanol–water partition coefficient (Wildman–Crippen LogP) is 0.863. The van der Waals surface area contributed by atoms with E-state index < -0.39 is 24.1 Å². The zero-order chi connectivity index (χ0) is 20.1. The third kappa shape index (κ3) is 11.5. The molecule has 0 bridgehead atoms. The van der Waals surface area contributed by atoms with E-state index in [0.29, 0.717) is 15.9 Å². The van der Waals surface area contributed by atoms with Crippen LogP contribution in [-0.2, 0) is 13.7 Å². The van der Waals surface area contributed by atoms with Crippen LogP contribution in [0.4, 0.5) is 0 Å². The van der Waals surface area contributed by atoms with Gasteiger partial charge in [0.1, 0.15) is 0 Å². The quantitative estimate of drug-likeness (QED) is 0.314. The van der Waals surface area contributed by atoms with Crippen LogP contribution in [-0.4, -0.2) is 26.2 Å². The predicted molar refractivity (Wildman–Crippen MR) is 107 cm³/mol.